The third-order valence-electron chi connectivity index (χ3n) is 4.25. The van der Waals surface area contributed by atoms with Crippen LogP contribution in [0.4, 0.5) is 4.79 Å². The van der Waals surface area contributed by atoms with E-state index in [1.807, 2.05) is 12.1 Å². The number of rotatable bonds is 2. The standard InChI is InChI=1S/C15H21N3O/c16-13-9-10-5-1-4-8-12(10)14(13)18-15(19)17-11-6-2-3-7-11/h1,4-5,8,11,13-14H,2-3,6-7,9,16H2,(H2,17,18,19). The van der Waals surface area contributed by atoms with Crippen LogP contribution in [0.5, 0.6) is 0 Å². The quantitative estimate of drug-likeness (QED) is 0.759. The number of nitrogens with two attached hydrogens (primary N) is 1. The first-order valence-electron chi connectivity index (χ1n) is 7.14. The number of carbonyl (C=O) groups excluding carboxylic acids is 1. The van der Waals surface area contributed by atoms with Crippen molar-refractivity contribution in [1.82, 2.24) is 10.6 Å². The van der Waals surface area contributed by atoms with Crippen molar-refractivity contribution in [3.8, 4) is 0 Å². The Balaban J connectivity index is 1.64. The zero-order chi connectivity index (χ0) is 13.2. The summed E-state index contributed by atoms with van der Waals surface area (Å²) in [5.74, 6) is 0. The molecule has 4 N–H and O–H groups in total. The van der Waals surface area contributed by atoms with Gasteiger partial charge in [0.05, 0.1) is 6.04 Å². The maximum Gasteiger partial charge on any atom is 0.315 e. The van der Waals surface area contributed by atoms with Gasteiger partial charge in [-0.05, 0) is 30.4 Å². The molecule has 0 spiro atoms. The molecule has 1 aromatic rings. The van der Waals surface area contributed by atoms with Gasteiger partial charge in [-0.25, -0.2) is 4.79 Å². The minimum absolute atomic E-state index is 0.0215. The van der Waals surface area contributed by atoms with Crippen LogP contribution in [0.3, 0.4) is 0 Å². The lowest BCUT2D eigenvalue weighted by atomic mass is 10.1. The number of amides is 2. The SMILES string of the molecule is NC1Cc2ccccc2C1NC(=O)NC1CCCC1. The van der Waals surface area contributed by atoms with Gasteiger partial charge in [-0.3, -0.25) is 0 Å². The Morgan fingerprint density at radius 1 is 1.16 bits per heavy atom. The molecule has 2 aliphatic carbocycles. The maximum atomic E-state index is 12.0. The van der Waals surface area contributed by atoms with Gasteiger partial charge in [0, 0.05) is 12.1 Å². The average molecular weight is 259 g/mol. The zero-order valence-corrected chi connectivity index (χ0v) is 11.1. The second-order valence-electron chi connectivity index (χ2n) is 5.64. The van der Waals surface area contributed by atoms with E-state index in [1.165, 1.54) is 18.4 Å². The minimum atomic E-state index is -0.0796. The van der Waals surface area contributed by atoms with E-state index in [2.05, 4.69) is 22.8 Å². The molecule has 0 saturated heterocycles. The Kier molecular flexibility index (Phi) is 3.42. The Labute approximate surface area is 113 Å². The van der Waals surface area contributed by atoms with Crippen LogP contribution in [0.1, 0.15) is 42.9 Å². The van der Waals surface area contributed by atoms with Gasteiger partial charge in [-0.15, -0.1) is 0 Å². The van der Waals surface area contributed by atoms with Crippen molar-refractivity contribution in [1.29, 1.82) is 0 Å². The van der Waals surface area contributed by atoms with Crippen LogP contribution in [0, 0.1) is 0 Å². The fourth-order valence-electron chi connectivity index (χ4n) is 3.25. The molecule has 0 aromatic heterocycles. The van der Waals surface area contributed by atoms with Crippen molar-refractivity contribution in [2.24, 2.45) is 5.73 Å². The Hall–Kier alpha value is -1.55. The highest BCUT2D eigenvalue weighted by atomic mass is 16.2. The molecule has 2 aliphatic rings. The molecular formula is C15H21N3O. The highest BCUT2D eigenvalue weighted by Gasteiger charge is 2.31. The predicted molar refractivity (Wildman–Crippen MR) is 74.8 cm³/mol. The van der Waals surface area contributed by atoms with E-state index in [0.29, 0.717) is 6.04 Å². The second-order valence-corrected chi connectivity index (χ2v) is 5.64. The van der Waals surface area contributed by atoms with Crippen molar-refractivity contribution in [2.75, 3.05) is 0 Å². The molecule has 2 atom stereocenters. The number of hydrogen-bond donors (Lipinski definition) is 3. The van der Waals surface area contributed by atoms with Gasteiger partial charge in [0.25, 0.3) is 0 Å². The summed E-state index contributed by atoms with van der Waals surface area (Å²) in [6.45, 7) is 0. The Morgan fingerprint density at radius 3 is 2.68 bits per heavy atom. The fourth-order valence-corrected chi connectivity index (χ4v) is 3.25. The molecule has 3 rings (SSSR count). The molecule has 19 heavy (non-hydrogen) atoms. The first-order chi connectivity index (χ1) is 9.24. The summed E-state index contributed by atoms with van der Waals surface area (Å²) < 4.78 is 0. The number of fused-ring (bicyclic) bond motifs is 1. The van der Waals surface area contributed by atoms with Gasteiger partial charge in [0.15, 0.2) is 0 Å². The van der Waals surface area contributed by atoms with Crippen LogP contribution >= 0.6 is 0 Å². The summed E-state index contributed by atoms with van der Waals surface area (Å²) in [7, 11) is 0. The second kappa shape index (κ2) is 5.21. The molecule has 0 radical (unpaired) electrons. The summed E-state index contributed by atoms with van der Waals surface area (Å²) >= 11 is 0. The summed E-state index contributed by atoms with van der Waals surface area (Å²) in [5.41, 5.74) is 8.56. The smallest absolute Gasteiger partial charge is 0.315 e. The van der Waals surface area contributed by atoms with E-state index in [1.54, 1.807) is 0 Å². The monoisotopic (exact) mass is 259 g/mol. The minimum Gasteiger partial charge on any atom is -0.335 e. The molecule has 1 fully saturated rings. The van der Waals surface area contributed by atoms with E-state index in [0.717, 1.165) is 24.8 Å². The van der Waals surface area contributed by atoms with Gasteiger partial charge < -0.3 is 16.4 Å². The lowest BCUT2D eigenvalue weighted by Gasteiger charge is -2.21. The van der Waals surface area contributed by atoms with Gasteiger partial charge in [0.2, 0.25) is 0 Å². The van der Waals surface area contributed by atoms with Crippen molar-refractivity contribution >= 4 is 6.03 Å². The van der Waals surface area contributed by atoms with Crippen LogP contribution in [-0.4, -0.2) is 18.1 Å². The highest BCUT2D eigenvalue weighted by Crippen LogP contribution is 2.30. The fraction of sp³-hybridized carbons (Fsp3) is 0.533. The highest BCUT2D eigenvalue weighted by molar-refractivity contribution is 5.75. The lowest BCUT2D eigenvalue weighted by molar-refractivity contribution is 0.232. The number of nitrogens with one attached hydrogen (secondary N) is 2. The van der Waals surface area contributed by atoms with Gasteiger partial charge in [-0.2, -0.15) is 0 Å². The first kappa shape index (κ1) is 12.5. The molecular weight excluding hydrogens is 238 g/mol. The number of hydrogen-bond acceptors (Lipinski definition) is 2. The Morgan fingerprint density at radius 2 is 1.89 bits per heavy atom. The van der Waals surface area contributed by atoms with Crippen molar-refractivity contribution in [2.45, 2.75) is 50.2 Å². The Bertz CT molecular complexity index is 468. The largest absolute Gasteiger partial charge is 0.335 e. The topological polar surface area (TPSA) is 67.1 Å². The van der Waals surface area contributed by atoms with Gasteiger partial charge >= 0.3 is 6.03 Å². The van der Waals surface area contributed by atoms with E-state index >= 15 is 0 Å². The molecule has 0 heterocycles. The molecule has 4 heteroatoms. The van der Waals surface area contributed by atoms with E-state index in [9.17, 15) is 4.79 Å². The van der Waals surface area contributed by atoms with Crippen LogP contribution in [-0.2, 0) is 6.42 Å². The normalized spacial score (nSPS) is 26.2. The summed E-state index contributed by atoms with van der Waals surface area (Å²) in [5, 5.41) is 6.09. The third kappa shape index (κ3) is 2.59. The maximum absolute atomic E-state index is 12.0. The average Bonchev–Trinajstić information content (AvgIpc) is 2.99. The third-order valence-corrected chi connectivity index (χ3v) is 4.25. The lowest BCUT2D eigenvalue weighted by Crippen LogP contribution is -2.46. The van der Waals surface area contributed by atoms with E-state index in [-0.39, 0.29) is 18.1 Å². The predicted octanol–water partition coefficient (Wildman–Crippen LogP) is 1.85. The van der Waals surface area contributed by atoms with Crippen LogP contribution in [0.15, 0.2) is 24.3 Å². The molecule has 2 unspecified atom stereocenters. The molecule has 1 aromatic carbocycles. The number of urea groups is 1. The van der Waals surface area contributed by atoms with Crippen molar-refractivity contribution in [3.05, 3.63) is 35.4 Å². The summed E-state index contributed by atoms with van der Waals surface area (Å²) in [4.78, 5) is 12.0. The molecule has 2 amide bonds. The van der Waals surface area contributed by atoms with Crippen molar-refractivity contribution < 1.29 is 4.79 Å². The number of carbonyl (C=O) groups is 1. The molecule has 4 nitrogen and oxygen atoms in total. The zero-order valence-electron chi connectivity index (χ0n) is 11.1. The first-order valence-corrected chi connectivity index (χ1v) is 7.14. The summed E-state index contributed by atoms with van der Waals surface area (Å²) in [6.07, 6.45) is 5.47. The molecule has 102 valence electrons. The van der Waals surface area contributed by atoms with E-state index in [4.69, 9.17) is 5.73 Å². The van der Waals surface area contributed by atoms with Gasteiger partial charge in [-0.1, -0.05) is 37.1 Å². The van der Waals surface area contributed by atoms with Crippen LogP contribution < -0.4 is 16.4 Å². The van der Waals surface area contributed by atoms with Crippen molar-refractivity contribution in [3.63, 3.8) is 0 Å². The van der Waals surface area contributed by atoms with E-state index < -0.39 is 0 Å². The van der Waals surface area contributed by atoms with Crippen LogP contribution in [0.2, 0.25) is 0 Å². The molecule has 1 saturated carbocycles. The van der Waals surface area contributed by atoms with Crippen LogP contribution in [0.25, 0.3) is 0 Å². The molecule has 0 aliphatic heterocycles. The van der Waals surface area contributed by atoms with Gasteiger partial charge in [0.1, 0.15) is 0 Å². The molecule has 0 bridgehead atoms. The number of benzene rings is 1. The summed E-state index contributed by atoms with van der Waals surface area (Å²) in [6, 6.07) is 8.35.